The Kier molecular flexibility index (Phi) is 6.30. The molecule has 2 aliphatic rings. The summed E-state index contributed by atoms with van der Waals surface area (Å²) in [5, 5.41) is 0. The SMILES string of the molecule is CC(CCCN)C(=O)N1CCC(N2CCCCC2)CC1. The zero-order valence-electron chi connectivity index (χ0n) is 13.0. The van der Waals surface area contributed by atoms with Crippen molar-refractivity contribution in [3.63, 3.8) is 0 Å². The number of piperidine rings is 2. The molecule has 1 unspecified atom stereocenters. The van der Waals surface area contributed by atoms with Crippen molar-refractivity contribution >= 4 is 5.91 Å². The molecule has 0 saturated carbocycles. The molecule has 4 heteroatoms. The molecule has 116 valence electrons. The topological polar surface area (TPSA) is 49.6 Å². The lowest BCUT2D eigenvalue weighted by atomic mass is 9.97. The average Bonchev–Trinajstić information content (AvgIpc) is 2.53. The molecule has 4 nitrogen and oxygen atoms in total. The molecule has 0 aromatic heterocycles. The molecular weight excluding hydrogens is 250 g/mol. The van der Waals surface area contributed by atoms with E-state index in [2.05, 4.69) is 16.7 Å². The van der Waals surface area contributed by atoms with Gasteiger partial charge in [-0.1, -0.05) is 13.3 Å². The van der Waals surface area contributed by atoms with Gasteiger partial charge in [-0.3, -0.25) is 4.79 Å². The maximum Gasteiger partial charge on any atom is 0.225 e. The molecule has 2 aliphatic heterocycles. The van der Waals surface area contributed by atoms with E-state index in [0.717, 1.165) is 44.8 Å². The molecule has 0 spiro atoms. The molecule has 2 saturated heterocycles. The smallest absolute Gasteiger partial charge is 0.225 e. The highest BCUT2D eigenvalue weighted by atomic mass is 16.2. The van der Waals surface area contributed by atoms with E-state index in [9.17, 15) is 4.79 Å². The van der Waals surface area contributed by atoms with E-state index in [-0.39, 0.29) is 5.92 Å². The van der Waals surface area contributed by atoms with Crippen LogP contribution >= 0.6 is 0 Å². The first-order valence-electron chi connectivity index (χ1n) is 8.45. The number of nitrogens with zero attached hydrogens (tertiary/aromatic N) is 2. The molecule has 20 heavy (non-hydrogen) atoms. The largest absolute Gasteiger partial charge is 0.342 e. The second kappa shape index (κ2) is 7.99. The summed E-state index contributed by atoms with van der Waals surface area (Å²) < 4.78 is 0. The van der Waals surface area contributed by atoms with E-state index in [1.165, 1.54) is 32.4 Å². The Morgan fingerprint density at radius 1 is 1.15 bits per heavy atom. The molecule has 0 radical (unpaired) electrons. The fourth-order valence-corrected chi connectivity index (χ4v) is 3.59. The van der Waals surface area contributed by atoms with Gasteiger partial charge in [0.25, 0.3) is 0 Å². The van der Waals surface area contributed by atoms with Crippen molar-refractivity contribution in [2.45, 2.75) is 57.9 Å². The van der Waals surface area contributed by atoms with Gasteiger partial charge in [0.2, 0.25) is 5.91 Å². The van der Waals surface area contributed by atoms with Crippen LogP contribution in [-0.4, -0.2) is 54.5 Å². The van der Waals surface area contributed by atoms with Gasteiger partial charge in [-0.05, 0) is 58.2 Å². The van der Waals surface area contributed by atoms with Crippen molar-refractivity contribution < 1.29 is 4.79 Å². The van der Waals surface area contributed by atoms with Crippen molar-refractivity contribution in [3.8, 4) is 0 Å². The van der Waals surface area contributed by atoms with Crippen LogP contribution in [-0.2, 0) is 4.79 Å². The van der Waals surface area contributed by atoms with Crippen LogP contribution in [0.15, 0.2) is 0 Å². The molecule has 0 aromatic rings. The summed E-state index contributed by atoms with van der Waals surface area (Å²) in [6.07, 6.45) is 8.32. The second-order valence-electron chi connectivity index (χ2n) is 6.49. The highest BCUT2D eigenvalue weighted by Gasteiger charge is 2.29. The minimum absolute atomic E-state index is 0.144. The van der Waals surface area contributed by atoms with E-state index in [1.54, 1.807) is 0 Å². The van der Waals surface area contributed by atoms with Crippen LogP contribution in [0.2, 0.25) is 0 Å². The van der Waals surface area contributed by atoms with E-state index in [4.69, 9.17) is 5.73 Å². The molecule has 0 aliphatic carbocycles. The van der Waals surface area contributed by atoms with Crippen molar-refractivity contribution in [2.75, 3.05) is 32.7 Å². The first kappa shape index (κ1) is 15.8. The van der Waals surface area contributed by atoms with E-state index >= 15 is 0 Å². The molecule has 2 N–H and O–H groups in total. The monoisotopic (exact) mass is 281 g/mol. The Labute approximate surface area is 123 Å². The molecule has 1 amide bonds. The van der Waals surface area contributed by atoms with Gasteiger partial charge in [0.1, 0.15) is 0 Å². The number of amides is 1. The van der Waals surface area contributed by atoms with Crippen molar-refractivity contribution in [3.05, 3.63) is 0 Å². The number of nitrogens with two attached hydrogens (primary N) is 1. The summed E-state index contributed by atoms with van der Waals surface area (Å²) >= 11 is 0. The predicted molar refractivity (Wildman–Crippen MR) is 82.5 cm³/mol. The van der Waals surface area contributed by atoms with Gasteiger partial charge in [-0.15, -0.1) is 0 Å². The van der Waals surface area contributed by atoms with Gasteiger partial charge >= 0.3 is 0 Å². The van der Waals surface area contributed by atoms with Crippen LogP contribution in [0.25, 0.3) is 0 Å². The van der Waals surface area contributed by atoms with Crippen molar-refractivity contribution in [1.82, 2.24) is 9.80 Å². The normalized spacial score (nSPS) is 23.8. The number of rotatable bonds is 5. The second-order valence-corrected chi connectivity index (χ2v) is 6.49. The summed E-state index contributed by atoms with van der Waals surface area (Å²) in [6, 6.07) is 0.721. The third kappa shape index (κ3) is 4.19. The van der Waals surface area contributed by atoms with Crippen LogP contribution < -0.4 is 5.73 Å². The molecule has 2 rings (SSSR count). The number of likely N-dealkylation sites (tertiary alicyclic amines) is 2. The van der Waals surface area contributed by atoms with E-state index in [1.807, 2.05) is 0 Å². The zero-order valence-corrected chi connectivity index (χ0v) is 13.0. The standard InChI is InChI=1S/C16H31N3O/c1-14(6-5-9-17)16(20)19-12-7-15(8-13-19)18-10-3-2-4-11-18/h14-15H,2-13,17H2,1H3. The van der Waals surface area contributed by atoms with Crippen molar-refractivity contribution in [1.29, 1.82) is 0 Å². The van der Waals surface area contributed by atoms with Crippen LogP contribution in [0.4, 0.5) is 0 Å². The Bertz CT molecular complexity index is 294. The fourth-order valence-electron chi connectivity index (χ4n) is 3.59. The van der Waals surface area contributed by atoms with Gasteiger partial charge in [-0.25, -0.2) is 0 Å². The van der Waals surface area contributed by atoms with Crippen LogP contribution in [0.1, 0.15) is 51.9 Å². The number of hydrogen-bond acceptors (Lipinski definition) is 3. The molecule has 0 aromatic carbocycles. The first-order chi connectivity index (χ1) is 9.72. The Hall–Kier alpha value is -0.610. The lowest BCUT2D eigenvalue weighted by molar-refractivity contribution is -0.136. The zero-order chi connectivity index (χ0) is 14.4. The van der Waals surface area contributed by atoms with Gasteiger partial charge in [0, 0.05) is 25.0 Å². The van der Waals surface area contributed by atoms with Crippen LogP contribution in [0.3, 0.4) is 0 Å². The van der Waals surface area contributed by atoms with Crippen LogP contribution in [0, 0.1) is 5.92 Å². The Morgan fingerprint density at radius 2 is 1.80 bits per heavy atom. The Morgan fingerprint density at radius 3 is 2.40 bits per heavy atom. The lowest BCUT2D eigenvalue weighted by Crippen LogP contribution is -2.49. The first-order valence-corrected chi connectivity index (χ1v) is 8.45. The highest BCUT2D eigenvalue weighted by Crippen LogP contribution is 2.22. The number of hydrogen-bond donors (Lipinski definition) is 1. The minimum atomic E-state index is 0.144. The summed E-state index contributed by atoms with van der Waals surface area (Å²) in [6.45, 7) is 7.18. The lowest BCUT2D eigenvalue weighted by Gasteiger charge is -2.40. The number of carbonyl (C=O) groups excluding carboxylic acids is 1. The van der Waals surface area contributed by atoms with Gasteiger partial charge in [0.15, 0.2) is 0 Å². The van der Waals surface area contributed by atoms with E-state index in [0.29, 0.717) is 12.5 Å². The predicted octanol–water partition coefficient (Wildman–Crippen LogP) is 1.84. The highest BCUT2D eigenvalue weighted by molar-refractivity contribution is 5.78. The number of carbonyl (C=O) groups is 1. The van der Waals surface area contributed by atoms with Gasteiger partial charge in [0.05, 0.1) is 0 Å². The molecule has 2 fully saturated rings. The van der Waals surface area contributed by atoms with Gasteiger partial charge < -0.3 is 15.5 Å². The minimum Gasteiger partial charge on any atom is -0.342 e. The molecule has 1 atom stereocenters. The average molecular weight is 281 g/mol. The molecule has 0 bridgehead atoms. The summed E-state index contributed by atoms with van der Waals surface area (Å²) in [5.41, 5.74) is 5.53. The molecular formula is C16H31N3O. The third-order valence-corrected chi connectivity index (χ3v) is 4.95. The summed E-state index contributed by atoms with van der Waals surface area (Å²) in [4.78, 5) is 17.1. The fraction of sp³-hybridized carbons (Fsp3) is 0.938. The summed E-state index contributed by atoms with van der Waals surface area (Å²) in [5.74, 6) is 0.487. The van der Waals surface area contributed by atoms with Crippen LogP contribution in [0.5, 0.6) is 0 Å². The van der Waals surface area contributed by atoms with Gasteiger partial charge in [-0.2, -0.15) is 0 Å². The Balaban J connectivity index is 1.74. The van der Waals surface area contributed by atoms with E-state index < -0.39 is 0 Å². The molecule has 2 heterocycles. The quantitative estimate of drug-likeness (QED) is 0.836. The van der Waals surface area contributed by atoms with Crippen molar-refractivity contribution in [2.24, 2.45) is 11.7 Å². The summed E-state index contributed by atoms with van der Waals surface area (Å²) in [7, 11) is 0. The maximum atomic E-state index is 12.4. The maximum absolute atomic E-state index is 12.4. The third-order valence-electron chi connectivity index (χ3n) is 4.95.